The summed E-state index contributed by atoms with van der Waals surface area (Å²) in [5.74, 6) is 0.158. The predicted molar refractivity (Wildman–Crippen MR) is 105 cm³/mol. The van der Waals surface area contributed by atoms with Crippen LogP contribution in [0.1, 0.15) is 26.6 Å². The van der Waals surface area contributed by atoms with Crippen LogP contribution in [-0.2, 0) is 0 Å². The molecule has 0 saturated carbocycles. The van der Waals surface area contributed by atoms with E-state index in [1.165, 1.54) is 6.26 Å². The predicted octanol–water partition coefficient (Wildman–Crippen LogP) is 3.50. The van der Waals surface area contributed by atoms with Crippen LogP contribution in [0.3, 0.4) is 0 Å². The molecular weight excluding hydrogens is 410 g/mol. The number of hydrogen-bond acceptors (Lipinski definition) is 4. The van der Waals surface area contributed by atoms with Crippen molar-refractivity contribution in [2.24, 2.45) is 0 Å². The molecule has 0 atom stereocenters. The molecule has 0 unspecified atom stereocenters. The van der Waals surface area contributed by atoms with Gasteiger partial charge in [0, 0.05) is 41.7 Å². The van der Waals surface area contributed by atoms with E-state index in [-0.39, 0.29) is 11.8 Å². The number of piperazine rings is 1. The largest absolute Gasteiger partial charge is 0.459 e. The van der Waals surface area contributed by atoms with Crippen LogP contribution in [0.25, 0.3) is 10.9 Å². The van der Waals surface area contributed by atoms with Gasteiger partial charge in [-0.15, -0.1) is 0 Å². The summed E-state index contributed by atoms with van der Waals surface area (Å²) in [7, 11) is 0. The Labute approximate surface area is 164 Å². The molecule has 0 N–H and O–H groups in total. The highest BCUT2D eigenvalue weighted by Crippen LogP contribution is 2.24. The molecule has 4 rings (SSSR count). The third kappa shape index (κ3) is 3.47. The number of amides is 2. The lowest BCUT2D eigenvalue weighted by Crippen LogP contribution is -2.50. The minimum atomic E-state index is -0.138. The third-order valence-electron chi connectivity index (χ3n) is 4.72. The number of carbonyl (C=O) groups excluding carboxylic acids is 2. The molecule has 3 heterocycles. The number of pyridine rings is 1. The molecule has 1 aromatic carbocycles. The van der Waals surface area contributed by atoms with Crippen molar-refractivity contribution in [2.75, 3.05) is 26.2 Å². The smallest absolute Gasteiger partial charge is 0.289 e. The highest BCUT2D eigenvalue weighted by Gasteiger charge is 2.27. The molecule has 27 heavy (non-hydrogen) atoms. The molecule has 7 heteroatoms. The minimum absolute atomic E-state index is 0.0336. The Hall–Kier alpha value is -2.67. The second-order valence-corrected chi connectivity index (χ2v) is 7.45. The lowest BCUT2D eigenvalue weighted by atomic mass is 10.1. The number of hydrogen-bond donors (Lipinski definition) is 0. The molecular formula is C20H18BrN3O3. The SMILES string of the molecule is Cc1cc(C(=O)N2CCN(C(=O)c3ccco3)CC2)c2cc(Br)ccc2n1. The maximum absolute atomic E-state index is 13.1. The first-order valence-electron chi connectivity index (χ1n) is 8.72. The first-order valence-corrected chi connectivity index (χ1v) is 9.51. The van der Waals surface area contributed by atoms with Crippen LogP contribution < -0.4 is 0 Å². The Morgan fingerprint density at radius 2 is 1.74 bits per heavy atom. The second-order valence-electron chi connectivity index (χ2n) is 6.53. The standard InChI is InChI=1S/C20H18BrN3O3/c1-13-11-16(15-12-14(21)4-5-17(15)22-13)19(25)23-6-8-24(9-7-23)20(26)18-3-2-10-27-18/h2-5,10-12H,6-9H2,1H3. The minimum Gasteiger partial charge on any atom is -0.459 e. The van der Waals surface area contributed by atoms with Crippen LogP contribution in [-0.4, -0.2) is 52.8 Å². The van der Waals surface area contributed by atoms with Crippen molar-refractivity contribution in [3.63, 3.8) is 0 Å². The third-order valence-corrected chi connectivity index (χ3v) is 5.21. The van der Waals surface area contributed by atoms with Crippen molar-refractivity contribution >= 4 is 38.6 Å². The topological polar surface area (TPSA) is 66.7 Å². The Bertz CT molecular complexity index is 1010. The van der Waals surface area contributed by atoms with Gasteiger partial charge in [0.1, 0.15) is 0 Å². The summed E-state index contributed by atoms with van der Waals surface area (Å²) in [4.78, 5) is 33.5. The number of aryl methyl sites for hydroxylation is 1. The average molecular weight is 428 g/mol. The molecule has 2 aromatic heterocycles. The number of rotatable bonds is 2. The van der Waals surface area contributed by atoms with Crippen molar-refractivity contribution in [1.29, 1.82) is 0 Å². The van der Waals surface area contributed by atoms with E-state index in [0.717, 1.165) is 21.1 Å². The van der Waals surface area contributed by atoms with Gasteiger partial charge in [-0.1, -0.05) is 15.9 Å². The van der Waals surface area contributed by atoms with Crippen molar-refractivity contribution in [3.8, 4) is 0 Å². The van der Waals surface area contributed by atoms with Crippen LogP contribution in [0.15, 0.2) is 51.6 Å². The fraction of sp³-hybridized carbons (Fsp3) is 0.250. The molecule has 1 aliphatic rings. The summed E-state index contributed by atoms with van der Waals surface area (Å²) in [5, 5.41) is 0.828. The van der Waals surface area contributed by atoms with E-state index in [9.17, 15) is 9.59 Å². The molecule has 1 aliphatic heterocycles. The summed E-state index contributed by atoms with van der Waals surface area (Å²) in [6.45, 7) is 3.83. The monoisotopic (exact) mass is 427 g/mol. The van der Waals surface area contributed by atoms with Crippen molar-refractivity contribution in [3.05, 3.63) is 64.2 Å². The fourth-order valence-corrected chi connectivity index (χ4v) is 3.71. The van der Waals surface area contributed by atoms with E-state index in [1.807, 2.05) is 31.2 Å². The normalized spacial score (nSPS) is 14.6. The summed E-state index contributed by atoms with van der Waals surface area (Å²) >= 11 is 3.47. The molecule has 3 aromatic rings. The molecule has 0 spiro atoms. The van der Waals surface area contributed by atoms with Gasteiger partial charge in [-0.2, -0.15) is 0 Å². The highest BCUT2D eigenvalue weighted by molar-refractivity contribution is 9.10. The Morgan fingerprint density at radius 3 is 2.41 bits per heavy atom. The number of fused-ring (bicyclic) bond motifs is 1. The van der Waals surface area contributed by atoms with Gasteiger partial charge in [0.2, 0.25) is 0 Å². The molecule has 0 aliphatic carbocycles. The van der Waals surface area contributed by atoms with E-state index < -0.39 is 0 Å². The number of halogens is 1. The lowest BCUT2D eigenvalue weighted by Gasteiger charge is -2.34. The second kappa shape index (κ2) is 7.15. The zero-order valence-corrected chi connectivity index (χ0v) is 16.4. The number of aromatic nitrogens is 1. The van der Waals surface area contributed by atoms with Gasteiger partial charge in [-0.3, -0.25) is 14.6 Å². The summed E-state index contributed by atoms with van der Waals surface area (Å²) < 4.78 is 6.09. The van der Waals surface area contributed by atoms with E-state index in [4.69, 9.17) is 4.42 Å². The molecule has 0 radical (unpaired) electrons. The van der Waals surface area contributed by atoms with Crippen LogP contribution in [0.5, 0.6) is 0 Å². The van der Waals surface area contributed by atoms with Gasteiger partial charge in [-0.05, 0) is 43.3 Å². The van der Waals surface area contributed by atoms with E-state index in [1.54, 1.807) is 21.9 Å². The van der Waals surface area contributed by atoms with E-state index >= 15 is 0 Å². The highest BCUT2D eigenvalue weighted by atomic mass is 79.9. The van der Waals surface area contributed by atoms with Gasteiger partial charge in [0.25, 0.3) is 11.8 Å². The molecule has 0 bridgehead atoms. The van der Waals surface area contributed by atoms with Crippen molar-refractivity contribution in [1.82, 2.24) is 14.8 Å². The quantitative estimate of drug-likeness (QED) is 0.627. The van der Waals surface area contributed by atoms with Gasteiger partial charge >= 0.3 is 0 Å². The first-order chi connectivity index (χ1) is 13.0. The zero-order chi connectivity index (χ0) is 19.0. The number of carbonyl (C=O) groups is 2. The zero-order valence-electron chi connectivity index (χ0n) is 14.8. The Balaban J connectivity index is 1.54. The Morgan fingerprint density at radius 1 is 1.04 bits per heavy atom. The van der Waals surface area contributed by atoms with Crippen molar-refractivity contribution < 1.29 is 14.0 Å². The van der Waals surface area contributed by atoms with E-state index in [0.29, 0.717) is 37.5 Å². The summed E-state index contributed by atoms with van der Waals surface area (Å²) in [6, 6.07) is 10.9. The lowest BCUT2D eigenvalue weighted by molar-refractivity contribution is 0.0519. The maximum Gasteiger partial charge on any atom is 0.289 e. The fourth-order valence-electron chi connectivity index (χ4n) is 3.35. The van der Waals surface area contributed by atoms with E-state index in [2.05, 4.69) is 20.9 Å². The summed E-state index contributed by atoms with van der Waals surface area (Å²) in [5.41, 5.74) is 2.25. The van der Waals surface area contributed by atoms with Crippen LogP contribution in [0, 0.1) is 6.92 Å². The van der Waals surface area contributed by atoms with Gasteiger partial charge < -0.3 is 14.2 Å². The molecule has 2 amide bonds. The van der Waals surface area contributed by atoms with Crippen molar-refractivity contribution in [2.45, 2.75) is 6.92 Å². The van der Waals surface area contributed by atoms with Gasteiger partial charge in [-0.25, -0.2) is 0 Å². The van der Waals surface area contributed by atoms with Gasteiger partial charge in [0.15, 0.2) is 5.76 Å². The van der Waals surface area contributed by atoms with Crippen LogP contribution in [0.4, 0.5) is 0 Å². The molecule has 1 saturated heterocycles. The van der Waals surface area contributed by atoms with Gasteiger partial charge in [0.05, 0.1) is 17.3 Å². The first kappa shape index (κ1) is 17.7. The number of nitrogens with zero attached hydrogens (tertiary/aromatic N) is 3. The number of benzene rings is 1. The maximum atomic E-state index is 13.1. The molecule has 1 fully saturated rings. The van der Waals surface area contributed by atoms with Crippen LogP contribution >= 0.6 is 15.9 Å². The number of furan rings is 1. The summed E-state index contributed by atoms with van der Waals surface area (Å²) in [6.07, 6.45) is 1.49. The van der Waals surface area contributed by atoms with Crippen LogP contribution in [0.2, 0.25) is 0 Å². The average Bonchev–Trinajstić information content (AvgIpc) is 3.21. The molecule has 138 valence electrons. The Kier molecular flexibility index (Phi) is 4.70. The molecule has 6 nitrogen and oxygen atoms in total.